The summed E-state index contributed by atoms with van der Waals surface area (Å²) in [5.41, 5.74) is 0. The van der Waals surface area contributed by atoms with Gasteiger partial charge in [-0.25, -0.2) is 0 Å². The molecule has 0 radical (unpaired) electrons. The molecule has 21 heavy (non-hydrogen) atoms. The fourth-order valence-electron chi connectivity index (χ4n) is 1.96. The second-order valence-corrected chi connectivity index (χ2v) is 5.06. The van der Waals surface area contributed by atoms with Crippen LogP contribution in [-0.4, -0.2) is 81.3 Å². The molecule has 122 valence electrons. The monoisotopic (exact) mass is 324 g/mol. The molecule has 0 aromatic rings. The van der Waals surface area contributed by atoms with E-state index >= 15 is 0 Å². The Bertz CT molecular complexity index is 384. The summed E-state index contributed by atoms with van der Waals surface area (Å²) >= 11 is 3.93. The van der Waals surface area contributed by atoms with Crippen molar-refractivity contribution in [3.05, 3.63) is 0 Å². The summed E-state index contributed by atoms with van der Waals surface area (Å²) in [7, 11) is 0. The van der Waals surface area contributed by atoms with Crippen LogP contribution in [0.4, 0.5) is 0 Å². The summed E-state index contributed by atoms with van der Waals surface area (Å²) in [6, 6.07) is -2.26. The Morgan fingerprint density at radius 1 is 1.29 bits per heavy atom. The predicted octanol–water partition coefficient (Wildman–Crippen LogP) is -3.66. The van der Waals surface area contributed by atoms with E-state index in [9.17, 15) is 24.9 Å². The number of nitrogens with one attached hydrogen (secondary N) is 2. The molecule has 0 spiro atoms. The lowest BCUT2D eigenvalue weighted by atomic mass is 9.97. The first kappa shape index (κ1) is 18.1. The topological polar surface area (TPSA) is 148 Å². The second-order valence-electron chi connectivity index (χ2n) is 4.70. The van der Waals surface area contributed by atoms with Gasteiger partial charge in [0.05, 0.1) is 6.61 Å². The van der Waals surface area contributed by atoms with Gasteiger partial charge in [0.25, 0.3) is 0 Å². The highest BCUT2D eigenvalue weighted by Gasteiger charge is 2.44. The maximum absolute atomic E-state index is 11.9. The van der Waals surface area contributed by atoms with Crippen LogP contribution in [0.2, 0.25) is 0 Å². The number of amides is 2. The summed E-state index contributed by atoms with van der Waals surface area (Å²) in [5.74, 6) is -1.13. The van der Waals surface area contributed by atoms with Crippen LogP contribution in [-0.2, 0) is 14.3 Å². The molecule has 1 rings (SSSR count). The minimum Gasteiger partial charge on any atom is -0.394 e. The minimum atomic E-state index is -1.61. The Morgan fingerprint density at radius 2 is 1.90 bits per heavy atom. The number of ether oxygens (including phenoxy) is 1. The highest BCUT2D eigenvalue weighted by Crippen LogP contribution is 2.19. The first-order valence-electron chi connectivity index (χ1n) is 6.30. The molecule has 0 aromatic carbocycles. The van der Waals surface area contributed by atoms with Gasteiger partial charge in [-0.3, -0.25) is 9.59 Å². The zero-order chi connectivity index (χ0) is 16.2. The third-order valence-corrected chi connectivity index (χ3v) is 3.45. The van der Waals surface area contributed by atoms with E-state index in [2.05, 4.69) is 23.3 Å². The molecular weight excluding hydrogens is 304 g/mol. The summed E-state index contributed by atoms with van der Waals surface area (Å²) in [6.45, 7) is 0.633. The molecule has 6 N–H and O–H groups in total. The van der Waals surface area contributed by atoms with Crippen LogP contribution in [0.15, 0.2) is 0 Å². The van der Waals surface area contributed by atoms with Gasteiger partial charge in [-0.05, 0) is 0 Å². The summed E-state index contributed by atoms with van der Waals surface area (Å²) in [5, 5.41) is 42.9. The van der Waals surface area contributed by atoms with Crippen molar-refractivity contribution in [3.8, 4) is 0 Å². The zero-order valence-corrected chi connectivity index (χ0v) is 12.2. The van der Waals surface area contributed by atoms with E-state index in [0.29, 0.717) is 0 Å². The molecular formula is C11H20N2O7S. The molecule has 0 saturated carbocycles. The van der Waals surface area contributed by atoms with Gasteiger partial charge in [0.1, 0.15) is 30.4 Å². The van der Waals surface area contributed by atoms with Crippen LogP contribution in [0.3, 0.4) is 0 Å². The molecule has 4 unspecified atom stereocenters. The predicted molar refractivity (Wildman–Crippen MR) is 73.4 cm³/mol. The fraction of sp³-hybridized carbons (Fsp3) is 0.818. The number of carbonyl (C=O) groups is 2. The highest BCUT2D eigenvalue weighted by molar-refractivity contribution is 7.80. The van der Waals surface area contributed by atoms with E-state index in [1.165, 1.54) is 6.92 Å². The van der Waals surface area contributed by atoms with Crippen LogP contribution in [0.5, 0.6) is 0 Å². The number of aliphatic hydroxyl groups is 4. The van der Waals surface area contributed by atoms with Gasteiger partial charge >= 0.3 is 0 Å². The zero-order valence-electron chi connectivity index (χ0n) is 11.3. The van der Waals surface area contributed by atoms with Crippen molar-refractivity contribution >= 4 is 24.4 Å². The Hall–Kier alpha value is -0.910. The van der Waals surface area contributed by atoms with Crippen LogP contribution in [0.1, 0.15) is 6.92 Å². The van der Waals surface area contributed by atoms with Crippen LogP contribution >= 0.6 is 12.6 Å². The molecule has 2 amide bonds. The molecule has 1 heterocycles. The van der Waals surface area contributed by atoms with Crippen LogP contribution < -0.4 is 10.6 Å². The van der Waals surface area contributed by atoms with Gasteiger partial charge in [0.2, 0.25) is 11.8 Å². The molecule has 0 bridgehead atoms. The lowest BCUT2D eigenvalue weighted by molar-refractivity contribution is -0.253. The van der Waals surface area contributed by atoms with Crippen molar-refractivity contribution in [2.75, 3.05) is 12.4 Å². The molecule has 1 aliphatic rings. The molecule has 1 aliphatic heterocycles. The van der Waals surface area contributed by atoms with E-state index < -0.39 is 55.1 Å². The van der Waals surface area contributed by atoms with E-state index in [-0.39, 0.29) is 5.75 Å². The highest BCUT2D eigenvalue weighted by atomic mass is 32.1. The summed E-state index contributed by atoms with van der Waals surface area (Å²) in [6.07, 6.45) is -5.77. The smallest absolute Gasteiger partial charge is 0.243 e. The lowest BCUT2D eigenvalue weighted by Crippen LogP contribution is -2.65. The maximum Gasteiger partial charge on any atom is 0.243 e. The van der Waals surface area contributed by atoms with Gasteiger partial charge < -0.3 is 35.8 Å². The Kier molecular flexibility index (Phi) is 6.84. The molecule has 0 aliphatic carbocycles. The van der Waals surface area contributed by atoms with Gasteiger partial charge in [0, 0.05) is 12.7 Å². The Balaban J connectivity index is 2.72. The summed E-state index contributed by atoms with van der Waals surface area (Å²) < 4.78 is 4.90. The van der Waals surface area contributed by atoms with Crippen molar-refractivity contribution in [2.45, 2.75) is 43.6 Å². The average Bonchev–Trinajstić information content (AvgIpc) is 2.44. The minimum absolute atomic E-state index is 0.00694. The molecule has 0 aromatic heterocycles. The number of aliphatic hydroxyl groups excluding tert-OH is 4. The molecule has 9 nitrogen and oxygen atoms in total. The van der Waals surface area contributed by atoms with Crippen molar-refractivity contribution in [1.29, 1.82) is 0 Å². The number of thiol groups is 1. The van der Waals surface area contributed by atoms with Crippen LogP contribution in [0, 0.1) is 0 Å². The van der Waals surface area contributed by atoms with Crippen molar-refractivity contribution in [3.63, 3.8) is 0 Å². The fourth-order valence-corrected chi connectivity index (χ4v) is 2.21. The largest absolute Gasteiger partial charge is 0.394 e. The SMILES string of the molecule is CC(=O)NC(CS)C(=O)N[C@@H]1C(O)OC(CO)[C@@H](O)C1O. The third-order valence-electron chi connectivity index (χ3n) is 3.09. The van der Waals surface area contributed by atoms with E-state index in [1.807, 2.05) is 0 Å². The number of rotatable bonds is 5. The van der Waals surface area contributed by atoms with Gasteiger partial charge in [-0.15, -0.1) is 0 Å². The average molecular weight is 324 g/mol. The molecule has 10 heteroatoms. The molecule has 1 fully saturated rings. The summed E-state index contributed by atoms with van der Waals surface area (Å²) in [4.78, 5) is 22.9. The first-order chi connectivity index (χ1) is 9.81. The molecule has 1 saturated heterocycles. The van der Waals surface area contributed by atoms with Gasteiger partial charge in [0.15, 0.2) is 6.29 Å². The number of carbonyl (C=O) groups excluding carboxylic acids is 2. The van der Waals surface area contributed by atoms with E-state index in [4.69, 9.17) is 9.84 Å². The lowest BCUT2D eigenvalue weighted by Gasteiger charge is -2.40. The van der Waals surface area contributed by atoms with E-state index in [1.54, 1.807) is 0 Å². The Labute approximate surface area is 126 Å². The van der Waals surface area contributed by atoms with Gasteiger partial charge in [-0.2, -0.15) is 12.6 Å². The maximum atomic E-state index is 11.9. The van der Waals surface area contributed by atoms with Crippen molar-refractivity contribution in [1.82, 2.24) is 10.6 Å². The number of hydrogen-bond donors (Lipinski definition) is 7. The first-order valence-corrected chi connectivity index (χ1v) is 6.94. The van der Waals surface area contributed by atoms with Crippen molar-refractivity contribution < 1.29 is 34.8 Å². The Morgan fingerprint density at radius 3 is 2.38 bits per heavy atom. The normalized spacial score (nSPS) is 34.1. The van der Waals surface area contributed by atoms with Gasteiger partial charge in [-0.1, -0.05) is 0 Å². The number of hydrogen-bond acceptors (Lipinski definition) is 8. The molecule has 6 atom stereocenters. The second kappa shape index (κ2) is 7.92. The van der Waals surface area contributed by atoms with Crippen LogP contribution in [0.25, 0.3) is 0 Å². The standard InChI is InChI=1S/C11H20N2O7S/c1-4(15)12-5(3-21)10(18)13-7-9(17)8(16)6(2-14)20-11(7)19/h5-9,11,14,16-17,19,21H,2-3H2,1H3,(H,12,15)(H,13,18)/t5?,6?,7-,8+,9?,11?/m0/s1. The third kappa shape index (κ3) is 4.53. The van der Waals surface area contributed by atoms with Crippen molar-refractivity contribution in [2.24, 2.45) is 0 Å². The quantitative estimate of drug-likeness (QED) is 0.258. The van der Waals surface area contributed by atoms with E-state index in [0.717, 1.165) is 0 Å².